The van der Waals surface area contributed by atoms with Gasteiger partial charge in [0.15, 0.2) is 17.7 Å². The number of hydrogen-bond donors (Lipinski definition) is 4. The van der Waals surface area contributed by atoms with Gasteiger partial charge in [-0.25, -0.2) is 9.59 Å². The normalized spacial score (nSPS) is 21.6. The molecule has 7 rings (SSSR count). The van der Waals surface area contributed by atoms with E-state index >= 15 is 0 Å². The molecule has 3 fully saturated rings. The zero-order valence-electron chi connectivity index (χ0n) is 44.9. The molecule has 0 aliphatic carbocycles. The van der Waals surface area contributed by atoms with Crippen LogP contribution in [0.2, 0.25) is 0 Å². The van der Waals surface area contributed by atoms with E-state index in [-0.39, 0.29) is 36.4 Å². The van der Waals surface area contributed by atoms with Gasteiger partial charge < -0.3 is 49.1 Å². The second-order valence-corrected chi connectivity index (χ2v) is 20.8. The van der Waals surface area contributed by atoms with Crippen molar-refractivity contribution in [3.8, 4) is 23.7 Å². The van der Waals surface area contributed by atoms with Crippen molar-refractivity contribution in [1.29, 1.82) is 0 Å². The Morgan fingerprint density at radius 3 is 1.27 bits per heavy atom. The molecule has 400 valence electrons. The summed E-state index contributed by atoms with van der Waals surface area (Å²) in [4.78, 5) is 26.8. The average Bonchev–Trinajstić information content (AvgIpc) is 4.10. The summed E-state index contributed by atoms with van der Waals surface area (Å²) >= 11 is 0. The zero-order chi connectivity index (χ0) is 53.9. The zero-order valence-corrected chi connectivity index (χ0v) is 44.9. The number of amides is 1. The van der Waals surface area contributed by atoms with Gasteiger partial charge in [-0.1, -0.05) is 145 Å². The van der Waals surface area contributed by atoms with Gasteiger partial charge >= 0.3 is 12.1 Å². The lowest BCUT2D eigenvalue weighted by atomic mass is 10.1. The second kappa shape index (κ2) is 28.3. The van der Waals surface area contributed by atoms with Gasteiger partial charge in [0, 0.05) is 38.3 Å². The van der Waals surface area contributed by atoms with Crippen LogP contribution in [-0.4, -0.2) is 122 Å². The van der Waals surface area contributed by atoms with Gasteiger partial charge in [-0.05, 0) is 104 Å². The van der Waals surface area contributed by atoms with E-state index in [1.807, 2.05) is 114 Å². The maximum absolute atomic E-state index is 11.5. The Labute approximate surface area is 439 Å². The number of carbonyl (C=O) groups excluding carboxylic acids is 1. The van der Waals surface area contributed by atoms with Crippen LogP contribution in [0.4, 0.5) is 4.79 Å². The van der Waals surface area contributed by atoms with Crippen molar-refractivity contribution in [2.45, 2.75) is 180 Å². The lowest BCUT2D eigenvalue weighted by molar-refractivity contribution is -0.149. The summed E-state index contributed by atoms with van der Waals surface area (Å²) in [6.45, 7) is 22.5. The van der Waals surface area contributed by atoms with Crippen molar-refractivity contribution in [1.82, 2.24) is 15.1 Å². The van der Waals surface area contributed by atoms with Crippen LogP contribution in [0.1, 0.15) is 104 Å². The molecule has 1 amide bonds. The van der Waals surface area contributed by atoms with Crippen LogP contribution >= 0.6 is 0 Å². The van der Waals surface area contributed by atoms with Crippen LogP contribution in [0.3, 0.4) is 0 Å². The molecule has 4 aromatic carbocycles. The number of aliphatic hydroxyl groups is 2. The van der Waals surface area contributed by atoms with Crippen molar-refractivity contribution in [2.24, 2.45) is 0 Å². The SMILES string of the molecule is C[C@H](NC(=O)OC(C)(C)C)[C@@H]1CC[C@H](C(=O)O)O1.C[C@H]([C@@H](O)C#C[C@H]1COC(C)(C)O1)N(Cc1ccccc1)Cc1ccccc1.C[C@H]([C@H](O)C#C[C@H]1COC(C)(C)O1)N(Cc1ccccc1)Cc1ccccc1. The molecule has 4 N–H and O–H groups in total. The van der Waals surface area contributed by atoms with Crippen LogP contribution in [0.5, 0.6) is 0 Å². The molecular weight excluding hydrogens is 939 g/mol. The summed E-state index contributed by atoms with van der Waals surface area (Å²) < 4.78 is 33.0. The van der Waals surface area contributed by atoms with Gasteiger partial charge in [0.2, 0.25) is 0 Å². The van der Waals surface area contributed by atoms with Crippen molar-refractivity contribution < 1.29 is 53.3 Å². The summed E-state index contributed by atoms with van der Waals surface area (Å²) in [7, 11) is 0. The molecule has 0 saturated carbocycles. The van der Waals surface area contributed by atoms with E-state index in [9.17, 15) is 19.8 Å². The fourth-order valence-electron chi connectivity index (χ4n) is 8.27. The highest BCUT2D eigenvalue weighted by molar-refractivity contribution is 5.72. The highest BCUT2D eigenvalue weighted by Crippen LogP contribution is 2.25. The molecule has 74 heavy (non-hydrogen) atoms. The first-order valence-electron chi connectivity index (χ1n) is 25.6. The average molecular weight is 1020 g/mol. The Balaban J connectivity index is 0.000000211. The van der Waals surface area contributed by atoms with E-state index in [4.69, 9.17) is 33.5 Å². The lowest BCUT2D eigenvalue weighted by Gasteiger charge is -2.30. The number of benzene rings is 4. The number of hydrogen-bond acceptors (Lipinski definition) is 12. The Morgan fingerprint density at radius 2 is 0.986 bits per heavy atom. The number of carbonyl (C=O) groups is 2. The van der Waals surface area contributed by atoms with Crippen LogP contribution < -0.4 is 5.32 Å². The Hall–Kier alpha value is -5.62. The number of aliphatic hydroxyl groups excluding tert-OH is 2. The van der Waals surface area contributed by atoms with Crippen LogP contribution in [-0.2, 0) is 59.4 Å². The minimum absolute atomic E-state index is 0.136. The van der Waals surface area contributed by atoms with Crippen molar-refractivity contribution in [2.75, 3.05) is 13.2 Å². The van der Waals surface area contributed by atoms with Crippen molar-refractivity contribution >= 4 is 12.1 Å². The molecule has 0 radical (unpaired) electrons. The largest absolute Gasteiger partial charge is 0.479 e. The number of ether oxygens (including phenoxy) is 6. The summed E-state index contributed by atoms with van der Waals surface area (Å²) in [6, 6.07) is 40.7. The van der Waals surface area contributed by atoms with Crippen molar-refractivity contribution in [3.05, 3.63) is 144 Å². The standard InChI is InChI=1S/2C24H29NO3.C12H21NO5/c2*1-19(23(26)15-14-22-18-27-24(2,3)28-22)25(16-20-10-6-4-7-11-20)17-21-12-8-5-9-13-21;1-7(13-11(16)18-12(2,3)4)8-5-6-9(17-8)10(14)15/h2*4-13,19,22-23,26H,16-18H2,1-3H3;7-9H,5-6H2,1-4H3,(H,13,16)(H,14,15)/t19-,22+,23+;19-,22+,23-;7-,8-,9+/m110/s1. The van der Waals surface area contributed by atoms with Crippen LogP contribution in [0.15, 0.2) is 121 Å². The molecule has 3 aliphatic rings. The summed E-state index contributed by atoms with van der Waals surface area (Å²) in [5.41, 5.74) is 4.28. The highest BCUT2D eigenvalue weighted by atomic mass is 16.7. The molecular formula is C60H79N3O11. The topological polar surface area (TPSA) is 169 Å². The minimum atomic E-state index is -0.957. The third kappa shape index (κ3) is 20.9. The maximum Gasteiger partial charge on any atom is 0.407 e. The molecule has 3 heterocycles. The summed E-state index contributed by atoms with van der Waals surface area (Å²) in [6.07, 6.45) is -2.62. The third-order valence-electron chi connectivity index (χ3n) is 12.4. The minimum Gasteiger partial charge on any atom is -0.479 e. The van der Waals surface area contributed by atoms with E-state index in [2.05, 4.69) is 87.3 Å². The molecule has 3 saturated heterocycles. The summed E-state index contributed by atoms with van der Waals surface area (Å²) in [5, 5.41) is 32.9. The highest BCUT2D eigenvalue weighted by Gasteiger charge is 2.35. The Bertz CT molecular complexity index is 2210. The first-order valence-corrected chi connectivity index (χ1v) is 25.6. The first kappa shape index (κ1) is 59.3. The van der Waals surface area contributed by atoms with E-state index in [1.165, 1.54) is 22.3 Å². The molecule has 14 heteroatoms. The maximum atomic E-state index is 11.5. The van der Waals surface area contributed by atoms with Gasteiger partial charge in [-0.15, -0.1) is 0 Å². The van der Waals surface area contributed by atoms with Gasteiger partial charge in [-0.2, -0.15) is 0 Å². The Morgan fingerprint density at radius 1 is 0.635 bits per heavy atom. The van der Waals surface area contributed by atoms with E-state index in [0.717, 1.165) is 26.2 Å². The van der Waals surface area contributed by atoms with Crippen LogP contribution in [0, 0.1) is 23.7 Å². The fraction of sp³-hybridized carbons (Fsp3) is 0.500. The third-order valence-corrected chi connectivity index (χ3v) is 12.4. The number of carboxylic acids is 1. The van der Waals surface area contributed by atoms with Crippen molar-refractivity contribution in [3.63, 3.8) is 0 Å². The number of aliphatic carboxylic acids is 1. The molecule has 3 aliphatic heterocycles. The molecule has 0 spiro atoms. The monoisotopic (exact) mass is 1020 g/mol. The fourth-order valence-corrected chi connectivity index (χ4v) is 8.27. The predicted octanol–water partition coefficient (Wildman–Crippen LogP) is 8.72. The van der Waals surface area contributed by atoms with Gasteiger partial charge in [-0.3, -0.25) is 9.80 Å². The second-order valence-electron chi connectivity index (χ2n) is 20.8. The number of rotatable bonds is 15. The van der Waals surface area contributed by atoms with Gasteiger partial charge in [0.05, 0.1) is 25.4 Å². The predicted molar refractivity (Wildman–Crippen MR) is 285 cm³/mol. The van der Waals surface area contributed by atoms with E-state index in [0.29, 0.717) is 26.1 Å². The number of alkyl carbamates (subject to hydrolysis) is 1. The Kier molecular flexibility index (Phi) is 22.7. The molecule has 14 nitrogen and oxygen atoms in total. The molecule has 0 unspecified atom stereocenters. The van der Waals surface area contributed by atoms with E-state index in [1.54, 1.807) is 27.7 Å². The first-order chi connectivity index (χ1) is 35.0. The quantitative estimate of drug-likeness (QED) is 0.0836. The number of nitrogens with one attached hydrogen (secondary N) is 1. The van der Waals surface area contributed by atoms with Gasteiger partial charge in [0.25, 0.3) is 0 Å². The molecule has 9 atom stereocenters. The molecule has 0 bridgehead atoms. The smallest absolute Gasteiger partial charge is 0.407 e. The summed E-state index contributed by atoms with van der Waals surface area (Å²) in [5.74, 6) is 9.83. The van der Waals surface area contributed by atoms with Crippen LogP contribution in [0.25, 0.3) is 0 Å². The number of carboxylic acid groups (broad SMARTS) is 1. The molecule has 4 aromatic rings. The lowest BCUT2D eigenvalue weighted by Crippen LogP contribution is -2.43. The van der Waals surface area contributed by atoms with E-state index < -0.39 is 47.5 Å². The van der Waals surface area contributed by atoms with Gasteiger partial charge in [0.1, 0.15) is 30.0 Å². The molecule has 0 aromatic heterocycles. The number of nitrogens with zero attached hydrogens (tertiary/aromatic N) is 2.